The quantitative estimate of drug-likeness (QED) is 0.589. The van der Waals surface area contributed by atoms with Crippen molar-refractivity contribution in [2.75, 3.05) is 0 Å². The van der Waals surface area contributed by atoms with Crippen LogP contribution in [-0.4, -0.2) is 5.54 Å². The molecule has 0 aromatic rings. The molecule has 48 valence electrons. The maximum Gasteiger partial charge on any atom is 0.0309 e. The van der Waals surface area contributed by atoms with Crippen LogP contribution in [-0.2, 0) is 0 Å². The Morgan fingerprint density at radius 1 is 1.62 bits per heavy atom. The summed E-state index contributed by atoms with van der Waals surface area (Å²) in [6.07, 6.45) is 2.86. The van der Waals surface area contributed by atoms with Crippen molar-refractivity contribution in [2.24, 2.45) is 0 Å². The highest BCUT2D eigenvalue weighted by Gasteiger charge is 2.09. The van der Waals surface area contributed by atoms with Crippen LogP contribution < -0.4 is 5.32 Å². The summed E-state index contributed by atoms with van der Waals surface area (Å²) in [4.78, 5) is 0. The van der Waals surface area contributed by atoms with Gasteiger partial charge >= 0.3 is 0 Å². The van der Waals surface area contributed by atoms with Gasteiger partial charge in [0, 0.05) is 5.54 Å². The summed E-state index contributed by atoms with van der Waals surface area (Å²) in [5.41, 5.74) is 0.224. The molecule has 0 aliphatic heterocycles. The van der Waals surface area contributed by atoms with Gasteiger partial charge < -0.3 is 5.32 Å². The van der Waals surface area contributed by atoms with Gasteiger partial charge in [-0.3, -0.25) is 0 Å². The molecular weight excluding hydrogens is 98.1 g/mol. The first-order chi connectivity index (χ1) is 3.62. The summed E-state index contributed by atoms with van der Waals surface area (Å²) >= 11 is 0. The van der Waals surface area contributed by atoms with Gasteiger partial charge in [0.2, 0.25) is 0 Å². The molecule has 0 atom stereocenters. The molecule has 0 spiro atoms. The lowest BCUT2D eigenvalue weighted by Gasteiger charge is -2.22. The molecule has 0 aromatic carbocycles. The van der Waals surface area contributed by atoms with Crippen molar-refractivity contribution in [3.63, 3.8) is 0 Å². The van der Waals surface area contributed by atoms with E-state index in [9.17, 15) is 0 Å². The van der Waals surface area contributed by atoms with Crippen LogP contribution >= 0.6 is 0 Å². The molecule has 0 rings (SSSR count). The van der Waals surface area contributed by atoms with Crippen molar-refractivity contribution in [2.45, 2.75) is 32.7 Å². The maximum atomic E-state index is 3.58. The summed E-state index contributed by atoms with van der Waals surface area (Å²) in [5.74, 6) is 0. The minimum atomic E-state index is 0.224. The Morgan fingerprint density at radius 3 is 2.25 bits per heavy atom. The van der Waals surface area contributed by atoms with Crippen LogP contribution in [0.3, 0.4) is 0 Å². The van der Waals surface area contributed by atoms with E-state index in [1.54, 1.807) is 6.20 Å². The maximum absolute atomic E-state index is 3.58. The van der Waals surface area contributed by atoms with Crippen LogP contribution in [0.5, 0.6) is 0 Å². The molecule has 8 heavy (non-hydrogen) atoms. The zero-order valence-corrected chi connectivity index (χ0v) is 5.99. The molecule has 0 unspecified atom stereocenters. The van der Waals surface area contributed by atoms with E-state index in [1.165, 1.54) is 0 Å². The third-order valence-corrected chi connectivity index (χ3v) is 1.38. The zero-order chi connectivity index (χ0) is 6.62. The normalized spacial score (nSPS) is 10.9. The van der Waals surface area contributed by atoms with E-state index in [0.717, 1.165) is 6.42 Å². The van der Waals surface area contributed by atoms with Gasteiger partial charge in [0.15, 0.2) is 0 Å². The lowest BCUT2D eigenvalue weighted by Crippen LogP contribution is -2.33. The molecule has 0 aromatic heterocycles. The predicted octanol–water partition coefficient (Wildman–Crippen LogP) is 1.91. The van der Waals surface area contributed by atoms with Gasteiger partial charge in [-0.05, 0) is 26.5 Å². The minimum Gasteiger partial charge on any atom is -0.386 e. The average molecular weight is 113 g/mol. The molecule has 0 aliphatic rings. The first-order valence-corrected chi connectivity index (χ1v) is 3.01. The van der Waals surface area contributed by atoms with Crippen molar-refractivity contribution in [3.05, 3.63) is 12.8 Å². The molecule has 0 fully saturated rings. The summed E-state index contributed by atoms with van der Waals surface area (Å²) in [5, 5.41) is 3.14. The fraction of sp³-hybridized carbons (Fsp3) is 0.714. The van der Waals surface area contributed by atoms with Gasteiger partial charge in [-0.1, -0.05) is 13.5 Å². The van der Waals surface area contributed by atoms with Crippen LogP contribution in [0, 0.1) is 0 Å². The molecule has 0 amide bonds. The van der Waals surface area contributed by atoms with Crippen molar-refractivity contribution in [3.8, 4) is 0 Å². The van der Waals surface area contributed by atoms with E-state index in [0.29, 0.717) is 0 Å². The Labute approximate surface area is 51.8 Å². The molecule has 0 aliphatic carbocycles. The zero-order valence-electron chi connectivity index (χ0n) is 5.99. The summed E-state index contributed by atoms with van der Waals surface area (Å²) in [6.45, 7) is 10.0. The Morgan fingerprint density at radius 2 is 2.12 bits per heavy atom. The molecule has 1 N–H and O–H groups in total. The van der Waals surface area contributed by atoms with Crippen LogP contribution in [0.15, 0.2) is 12.8 Å². The molecular formula is C7H15N. The number of hydrogen-bond donors (Lipinski definition) is 1. The van der Waals surface area contributed by atoms with E-state index in [-0.39, 0.29) is 5.54 Å². The van der Waals surface area contributed by atoms with E-state index < -0.39 is 0 Å². The van der Waals surface area contributed by atoms with Crippen molar-refractivity contribution < 1.29 is 0 Å². The second-order valence-electron chi connectivity index (χ2n) is 2.59. The monoisotopic (exact) mass is 113 g/mol. The fourth-order valence-corrected chi connectivity index (χ4v) is 0.378. The summed E-state index contributed by atoms with van der Waals surface area (Å²) in [6, 6.07) is 0. The fourth-order valence-electron chi connectivity index (χ4n) is 0.378. The van der Waals surface area contributed by atoms with Gasteiger partial charge in [-0.2, -0.15) is 0 Å². The highest BCUT2D eigenvalue weighted by molar-refractivity contribution is 4.80. The SMILES string of the molecule is C=CNC(C)(C)CC. The average Bonchev–Trinajstić information content (AvgIpc) is 1.67. The van der Waals surface area contributed by atoms with Gasteiger partial charge in [0.05, 0.1) is 0 Å². The highest BCUT2D eigenvalue weighted by Crippen LogP contribution is 2.05. The largest absolute Gasteiger partial charge is 0.386 e. The molecule has 1 nitrogen and oxygen atoms in total. The lowest BCUT2D eigenvalue weighted by atomic mass is 10.0. The Hall–Kier alpha value is -0.460. The van der Waals surface area contributed by atoms with Gasteiger partial charge in [-0.15, -0.1) is 0 Å². The topological polar surface area (TPSA) is 12.0 Å². The standard InChI is InChI=1S/C7H15N/c1-5-7(3,4)8-6-2/h6,8H,2,5H2,1,3-4H3. The van der Waals surface area contributed by atoms with E-state index in [2.05, 4.69) is 32.7 Å². The highest BCUT2D eigenvalue weighted by atomic mass is 14.9. The van der Waals surface area contributed by atoms with Gasteiger partial charge in [0.25, 0.3) is 0 Å². The van der Waals surface area contributed by atoms with E-state index in [1.807, 2.05) is 0 Å². The Kier molecular flexibility index (Phi) is 2.59. The van der Waals surface area contributed by atoms with Crippen LogP contribution in [0.25, 0.3) is 0 Å². The third-order valence-electron chi connectivity index (χ3n) is 1.38. The lowest BCUT2D eigenvalue weighted by molar-refractivity contribution is 0.429. The Bertz CT molecular complexity index is 74.5. The van der Waals surface area contributed by atoms with Crippen molar-refractivity contribution >= 4 is 0 Å². The number of rotatable bonds is 3. The second kappa shape index (κ2) is 2.75. The Balaban J connectivity index is 3.53. The molecule has 0 heterocycles. The third kappa shape index (κ3) is 2.67. The van der Waals surface area contributed by atoms with Crippen molar-refractivity contribution in [1.29, 1.82) is 0 Å². The van der Waals surface area contributed by atoms with Crippen LogP contribution in [0.4, 0.5) is 0 Å². The number of nitrogens with one attached hydrogen (secondary N) is 1. The first kappa shape index (κ1) is 7.54. The van der Waals surface area contributed by atoms with Crippen molar-refractivity contribution in [1.82, 2.24) is 5.32 Å². The van der Waals surface area contributed by atoms with E-state index >= 15 is 0 Å². The smallest absolute Gasteiger partial charge is 0.0309 e. The van der Waals surface area contributed by atoms with Gasteiger partial charge in [-0.25, -0.2) is 0 Å². The van der Waals surface area contributed by atoms with Crippen LogP contribution in [0.2, 0.25) is 0 Å². The molecule has 1 heteroatoms. The molecule has 0 saturated carbocycles. The minimum absolute atomic E-state index is 0.224. The predicted molar refractivity (Wildman–Crippen MR) is 37.7 cm³/mol. The van der Waals surface area contributed by atoms with Crippen LogP contribution in [0.1, 0.15) is 27.2 Å². The molecule has 0 saturated heterocycles. The van der Waals surface area contributed by atoms with E-state index in [4.69, 9.17) is 0 Å². The summed E-state index contributed by atoms with van der Waals surface area (Å²) < 4.78 is 0. The molecule has 0 radical (unpaired) electrons. The summed E-state index contributed by atoms with van der Waals surface area (Å²) in [7, 11) is 0. The van der Waals surface area contributed by atoms with Gasteiger partial charge in [0.1, 0.15) is 0 Å². The number of hydrogen-bond acceptors (Lipinski definition) is 1. The molecule has 0 bridgehead atoms. The first-order valence-electron chi connectivity index (χ1n) is 3.01. The second-order valence-corrected chi connectivity index (χ2v) is 2.59.